The predicted octanol–water partition coefficient (Wildman–Crippen LogP) is 3.62. The molecule has 0 aromatic carbocycles. The minimum Gasteiger partial charge on any atom is -0.354 e. The zero-order valence-electron chi connectivity index (χ0n) is 18.1. The molecule has 0 bridgehead atoms. The van der Waals surface area contributed by atoms with Crippen molar-refractivity contribution in [2.24, 2.45) is 0 Å². The van der Waals surface area contributed by atoms with Crippen LogP contribution in [0.2, 0.25) is 0 Å². The molecule has 0 aliphatic carbocycles. The van der Waals surface area contributed by atoms with E-state index in [1.165, 1.54) is 4.88 Å². The Morgan fingerprint density at radius 3 is 2.55 bits per heavy atom. The molecule has 0 saturated carbocycles. The third kappa shape index (κ3) is 4.79. The number of fused-ring (bicyclic) bond motifs is 1. The van der Waals surface area contributed by atoms with Crippen molar-refractivity contribution in [3.63, 3.8) is 0 Å². The number of pyridine rings is 1. The van der Waals surface area contributed by atoms with E-state index in [4.69, 9.17) is 4.98 Å². The summed E-state index contributed by atoms with van der Waals surface area (Å²) in [5, 5.41) is 2.10. The van der Waals surface area contributed by atoms with E-state index < -0.39 is 0 Å². The summed E-state index contributed by atoms with van der Waals surface area (Å²) >= 11 is 1.75. The number of carbonyl (C=O) groups is 1. The number of carbonyl (C=O) groups excluding carboxylic acids is 1. The fourth-order valence-corrected chi connectivity index (χ4v) is 4.22. The van der Waals surface area contributed by atoms with Gasteiger partial charge < -0.3 is 14.7 Å². The number of hydrogen-bond donors (Lipinski definition) is 0. The van der Waals surface area contributed by atoms with Crippen LogP contribution >= 0.6 is 11.3 Å². The molecule has 0 spiro atoms. The monoisotopic (exact) mass is 413 g/mol. The topological polar surface area (TPSA) is 44.1 Å². The van der Waals surface area contributed by atoms with Gasteiger partial charge in [-0.05, 0) is 51.0 Å². The van der Waals surface area contributed by atoms with E-state index >= 15 is 0 Å². The predicted molar refractivity (Wildman–Crippen MR) is 121 cm³/mol. The minimum absolute atomic E-state index is 0.0647. The molecule has 0 fully saturated rings. The van der Waals surface area contributed by atoms with Crippen LogP contribution in [0.15, 0.2) is 35.8 Å². The molecule has 0 atom stereocenters. The van der Waals surface area contributed by atoms with Gasteiger partial charge in [-0.2, -0.15) is 0 Å². The summed E-state index contributed by atoms with van der Waals surface area (Å²) in [4.78, 5) is 25.4. The molecule has 3 aromatic heterocycles. The third-order valence-electron chi connectivity index (χ3n) is 5.07. The van der Waals surface area contributed by atoms with Gasteiger partial charge in [-0.15, -0.1) is 11.3 Å². The van der Waals surface area contributed by atoms with Crippen LogP contribution in [-0.2, 0) is 13.0 Å². The number of rotatable bonds is 9. The molecule has 0 N–H and O–H groups in total. The van der Waals surface area contributed by atoms with Crippen LogP contribution in [0.5, 0.6) is 0 Å². The smallest absolute Gasteiger partial charge is 0.255 e. The van der Waals surface area contributed by atoms with Gasteiger partial charge >= 0.3 is 0 Å². The molecular formula is C22H31N5OS. The Kier molecular flexibility index (Phi) is 6.92. The van der Waals surface area contributed by atoms with Gasteiger partial charge in [0.05, 0.1) is 17.8 Å². The van der Waals surface area contributed by atoms with E-state index in [2.05, 4.69) is 45.7 Å². The highest BCUT2D eigenvalue weighted by Gasteiger charge is 2.19. The van der Waals surface area contributed by atoms with Crippen molar-refractivity contribution in [2.45, 2.75) is 26.8 Å². The van der Waals surface area contributed by atoms with Gasteiger partial charge in [0.2, 0.25) is 0 Å². The van der Waals surface area contributed by atoms with Crippen LogP contribution in [0, 0.1) is 0 Å². The molecule has 3 aromatic rings. The van der Waals surface area contributed by atoms with Crippen molar-refractivity contribution < 1.29 is 4.79 Å². The van der Waals surface area contributed by atoms with Gasteiger partial charge in [0.25, 0.3) is 5.91 Å². The lowest BCUT2D eigenvalue weighted by molar-refractivity contribution is 0.0753. The number of aryl methyl sites for hydroxylation is 1. The SMILES string of the molecule is CCc1nc2ccc(C(=O)N(CC)CCN(C)C)cn2c1N(C)Cc1cccs1. The highest BCUT2D eigenvalue weighted by atomic mass is 32.1. The van der Waals surface area contributed by atoms with Crippen molar-refractivity contribution in [3.05, 3.63) is 52.0 Å². The molecule has 0 saturated heterocycles. The average molecular weight is 414 g/mol. The number of anilines is 1. The van der Waals surface area contributed by atoms with Crippen LogP contribution in [-0.4, -0.2) is 65.9 Å². The number of nitrogens with zero attached hydrogens (tertiary/aromatic N) is 5. The van der Waals surface area contributed by atoms with E-state index in [0.29, 0.717) is 12.1 Å². The van der Waals surface area contributed by atoms with Crippen LogP contribution < -0.4 is 4.90 Å². The molecule has 3 rings (SSSR count). The number of likely N-dealkylation sites (N-methyl/N-ethyl adjacent to an activating group) is 2. The first kappa shape index (κ1) is 21.3. The largest absolute Gasteiger partial charge is 0.354 e. The number of imidazole rings is 1. The van der Waals surface area contributed by atoms with Crippen LogP contribution in [0.3, 0.4) is 0 Å². The number of amides is 1. The lowest BCUT2D eigenvalue weighted by atomic mass is 10.2. The minimum atomic E-state index is 0.0647. The summed E-state index contributed by atoms with van der Waals surface area (Å²) in [6.07, 6.45) is 2.79. The van der Waals surface area contributed by atoms with E-state index in [9.17, 15) is 4.79 Å². The van der Waals surface area contributed by atoms with Gasteiger partial charge in [-0.1, -0.05) is 13.0 Å². The lowest BCUT2D eigenvalue weighted by Gasteiger charge is -2.23. The average Bonchev–Trinajstić information content (AvgIpc) is 3.34. The molecule has 1 amide bonds. The summed E-state index contributed by atoms with van der Waals surface area (Å²) in [6, 6.07) is 8.07. The lowest BCUT2D eigenvalue weighted by Crippen LogP contribution is -2.36. The maximum atomic E-state index is 13.1. The first-order chi connectivity index (χ1) is 13.9. The molecule has 3 heterocycles. The third-order valence-corrected chi connectivity index (χ3v) is 5.93. The summed E-state index contributed by atoms with van der Waals surface area (Å²) in [7, 11) is 6.14. The Bertz CT molecular complexity index is 948. The zero-order valence-corrected chi connectivity index (χ0v) is 18.9. The summed E-state index contributed by atoms with van der Waals surface area (Å²) < 4.78 is 2.07. The van der Waals surface area contributed by atoms with Crippen LogP contribution in [0.25, 0.3) is 5.65 Å². The maximum Gasteiger partial charge on any atom is 0.255 e. The fraction of sp³-hybridized carbons (Fsp3) is 0.455. The summed E-state index contributed by atoms with van der Waals surface area (Å²) in [5.41, 5.74) is 2.63. The molecule has 6 nitrogen and oxygen atoms in total. The Labute approximate surface area is 177 Å². The zero-order chi connectivity index (χ0) is 21.0. The molecule has 0 aliphatic heterocycles. The van der Waals surface area contributed by atoms with Crippen LogP contribution in [0.1, 0.15) is 34.8 Å². The van der Waals surface area contributed by atoms with Gasteiger partial charge in [0, 0.05) is 37.8 Å². The van der Waals surface area contributed by atoms with Crippen molar-refractivity contribution in [1.29, 1.82) is 0 Å². The van der Waals surface area contributed by atoms with Crippen molar-refractivity contribution in [2.75, 3.05) is 45.7 Å². The maximum absolute atomic E-state index is 13.1. The number of aromatic nitrogens is 2. The molecule has 0 radical (unpaired) electrons. The van der Waals surface area contributed by atoms with Crippen molar-refractivity contribution >= 4 is 28.7 Å². The van der Waals surface area contributed by atoms with Gasteiger partial charge in [0.1, 0.15) is 11.5 Å². The van der Waals surface area contributed by atoms with E-state index in [1.807, 2.05) is 44.2 Å². The van der Waals surface area contributed by atoms with E-state index in [0.717, 1.165) is 43.2 Å². The normalized spacial score (nSPS) is 11.4. The fourth-order valence-electron chi connectivity index (χ4n) is 3.47. The Balaban J connectivity index is 1.94. The second-order valence-corrected chi connectivity index (χ2v) is 8.54. The van der Waals surface area contributed by atoms with Crippen molar-refractivity contribution in [3.8, 4) is 0 Å². The Hall–Kier alpha value is -2.38. The molecule has 156 valence electrons. The number of thiophene rings is 1. The second kappa shape index (κ2) is 9.41. The van der Waals surface area contributed by atoms with Gasteiger partial charge in [-0.3, -0.25) is 9.20 Å². The highest BCUT2D eigenvalue weighted by molar-refractivity contribution is 7.09. The molecule has 0 aliphatic rings. The molecule has 29 heavy (non-hydrogen) atoms. The van der Waals surface area contributed by atoms with E-state index in [1.54, 1.807) is 11.3 Å². The first-order valence-corrected chi connectivity index (χ1v) is 11.0. The van der Waals surface area contributed by atoms with Gasteiger partial charge in [0.15, 0.2) is 0 Å². The highest BCUT2D eigenvalue weighted by Crippen LogP contribution is 2.25. The van der Waals surface area contributed by atoms with Crippen molar-refractivity contribution in [1.82, 2.24) is 19.2 Å². The quantitative estimate of drug-likeness (QED) is 0.537. The van der Waals surface area contributed by atoms with Crippen LogP contribution in [0.4, 0.5) is 5.82 Å². The first-order valence-electron chi connectivity index (χ1n) is 10.1. The Morgan fingerprint density at radius 2 is 1.93 bits per heavy atom. The Morgan fingerprint density at radius 1 is 1.14 bits per heavy atom. The van der Waals surface area contributed by atoms with E-state index in [-0.39, 0.29) is 5.91 Å². The van der Waals surface area contributed by atoms with Gasteiger partial charge in [-0.25, -0.2) is 4.98 Å². The standard InChI is InChI=1S/C22H31N5OS/c1-6-19-21(25(5)16-18-9-8-14-29-18)27-15-17(10-11-20(27)23-19)22(28)26(7-2)13-12-24(3)4/h8-11,14-15H,6-7,12-13,16H2,1-5H3. The molecule has 7 heteroatoms. The molecule has 0 unspecified atom stereocenters. The summed E-state index contributed by atoms with van der Waals surface area (Å²) in [6.45, 7) is 7.23. The molecular weight excluding hydrogens is 382 g/mol. The second-order valence-electron chi connectivity index (χ2n) is 7.51. The number of hydrogen-bond acceptors (Lipinski definition) is 5. The summed E-state index contributed by atoms with van der Waals surface area (Å²) in [5.74, 6) is 1.12.